The standard InChI is InChI=1S/C17H21N3O/c1-13(2)20(12-15-10-6-7-11-19-15)17(21)16(18)14-8-4-3-5-9-14/h3-11,13,16H,12,18H2,1-2H3. The first-order valence-corrected chi connectivity index (χ1v) is 7.10. The van der Waals surface area contributed by atoms with E-state index in [0.29, 0.717) is 6.54 Å². The number of carbonyl (C=O) groups excluding carboxylic acids is 1. The molecule has 2 aromatic rings. The number of benzene rings is 1. The molecule has 4 heteroatoms. The monoisotopic (exact) mass is 283 g/mol. The molecule has 1 unspecified atom stereocenters. The molecule has 0 saturated carbocycles. The van der Waals surface area contributed by atoms with Crippen molar-refractivity contribution < 1.29 is 4.79 Å². The number of rotatable bonds is 5. The van der Waals surface area contributed by atoms with Crippen molar-refractivity contribution in [2.45, 2.75) is 32.5 Å². The van der Waals surface area contributed by atoms with Crippen LogP contribution in [0.2, 0.25) is 0 Å². The van der Waals surface area contributed by atoms with Gasteiger partial charge in [-0.3, -0.25) is 9.78 Å². The quantitative estimate of drug-likeness (QED) is 0.917. The molecule has 0 radical (unpaired) electrons. The van der Waals surface area contributed by atoms with Gasteiger partial charge in [0.15, 0.2) is 0 Å². The SMILES string of the molecule is CC(C)N(Cc1ccccn1)C(=O)C(N)c1ccccc1. The highest BCUT2D eigenvalue weighted by atomic mass is 16.2. The van der Waals surface area contributed by atoms with E-state index in [1.807, 2.05) is 62.4 Å². The van der Waals surface area contributed by atoms with Crippen molar-refractivity contribution in [3.63, 3.8) is 0 Å². The van der Waals surface area contributed by atoms with Crippen LogP contribution in [0.15, 0.2) is 54.7 Å². The molecule has 21 heavy (non-hydrogen) atoms. The smallest absolute Gasteiger partial charge is 0.244 e. The van der Waals surface area contributed by atoms with Crippen molar-refractivity contribution in [2.24, 2.45) is 5.73 Å². The molecule has 1 aromatic carbocycles. The highest BCUT2D eigenvalue weighted by Crippen LogP contribution is 2.16. The first-order valence-electron chi connectivity index (χ1n) is 7.10. The van der Waals surface area contributed by atoms with Gasteiger partial charge in [0.05, 0.1) is 12.2 Å². The van der Waals surface area contributed by atoms with Crippen molar-refractivity contribution in [1.29, 1.82) is 0 Å². The molecule has 4 nitrogen and oxygen atoms in total. The summed E-state index contributed by atoms with van der Waals surface area (Å²) in [5, 5.41) is 0. The molecule has 1 atom stereocenters. The average Bonchev–Trinajstić information content (AvgIpc) is 2.53. The number of nitrogens with two attached hydrogens (primary N) is 1. The molecule has 0 saturated heterocycles. The van der Waals surface area contributed by atoms with Crippen LogP contribution in [-0.4, -0.2) is 21.8 Å². The summed E-state index contributed by atoms with van der Waals surface area (Å²) in [5.74, 6) is -0.0816. The van der Waals surface area contributed by atoms with Crippen molar-refractivity contribution in [3.8, 4) is 0 Å². The predicted octanol–water partition coefficient (Wildman–Crippen LogP) is 2.52. The molecular formula is C17H21N3O. The maximum atomic E-state index is 12.7. The van der Waals surface area contributed by atoms with E-state index in [0.717, 1.165) is 11.3 Å². The summed E-state index contributed by atoms with van der Waals surface area (Å²) in [6.45, 7) is 4.44. The summed E-state index contributed by atoms with van der Waals surface area (Å²) >= 11 is 0. The third kappa shape index (κ3) is 3.89. The van der Waals surface area contributed by atoms with Gasteiger partial charge in [-0.25, -0.2) is 0 Å². The number of amides is 1. The van der Waals surface area contributed by atoms with Gasteiger partial charge in [-0.2, -0.15) is 0 Å². The molecule has 1 aromatic heterocycles. The first-order chi connectivity index (χ1) is 10.1. The Bertz CT molecular complexity index is 569. The summed E-state index contributed by atoms with van der Waals surface area (Å²) < 4.78 is 0. The second-order valence-corrected chi connectivity index (χ2v) is 5.27. The van der Waals surface area contributed by atoms with Gasteiger partial charge in [0.1, 0.15) is 6.04 Å². The lowest BCUT2D eigenvalue weighted by molar-refractivity contribution is -0.135. The van der Waals surface area contributed by atoms with E-state index < -0.39 is 6.04 Å². The second kappa shape index (κ2) is 6.99. The Labute approximate surface area is 125 Å². The van der Waals surface area contributed by atoms with Crippen LogP contribution in [0.3, 0.4) is 0 Å². The Morgan fingerprint density at radius 2 is 1.81 bits per heavy atom. The van der Waals surface area contributed by atoms with Crippen LogP contribution in [0.1, 0.15) is 31.1 Å². The zero-order valence-electron chi connectivity index (χ0n) is 12.4. The lowest BCUT2D eigenvalue weighted by Crippen LogP contribution is -2.42. The maximum Gasteiger partial charge on any atom is 0.244 e. The number of aromatic nitrogens is 1. The fourth-order valence-corrected chi connectivity index (χ4v) is 2.16. The Hall–Kier alpha value is -2.20. The van der Waals surface area contributed by atoms with Crippen LogP contribution < -0.4 is 5.73 Å². The Morgan fingerprint density at radius 3 is 2.38 bits per heavy atom. The second-order valence-electron chi connectivity index (χ2n) is 5.27. The fraction of sp³-hybridized carbons (Fsp3) is 0.294. The minimum Gasteiger partial charge on any atom is -0.333 e. The largest absolute Gasteiger partial charge is 0.333 e. The number of nitrogens with zero attached hydrogens (tertiary/aromatic N) is 2. The zero-order valence-corrected chi connectivity index (χ0v) is 12.4. The molecule has 0 aliphatic carbocycles. The highest BCUT2D eigenvalue weighted by Gasteiger charge is 2.24. The lowest BCUT2D eigenvalue weighted by Gasteiger charge is -2.29. The fourth-order valence-electron chi connectivity index (χ4n) is 2.16. The van der Waals surface area contributed by atoms with Gasteiger partial charge in [-0.05, 0) is 31.5 Å². The van der Waals surface area contributed by atoms with Crippen molar-refractivity contribution >= 4 is 5.91 Å². The molecule has 2 N–H and O–H groups in total. The predicted molar refractivity (Wildman–Crippen MR) is 83.3 cm³/mol. The van der Waals surface area contributed by atoms with E-state index in [9.17, 15) is 4.79 Å². The van der Waals surface area contributed by atoms with Gasteiger partial charge in [0, 0.05) is 12.2 Å². The normalized spacial score (nSPS) is 12.2. The van der Waals surface area contributed by atoms with Gasteiger partial charge in [-0.1, -0.05) is 36.4 Å². The Morgan fingerprint density at radius 1 is 1.14 bits per heavy atom. The van der Waals surface area contributed by atoms with Gasteiger partial charge in [0.2, 0.25) is 5.91 Å². The van der Waals surface area contributed by atoms with E-state index in [4.69, 9.17) is 5.73 Å². The van der Waals surface area contributed by atoms with E-state index in [1.54, 1.807) is 11.1 Å². The van der Waals surface area contributed by atoms with E-state index in [2.05, 4.69) is 4.98 Å². The van der Waals surface area contributed by atoms with Gasteiger partial charge < -0.3 is 10.6 Å². The third-order valence-electron chi connectivity index (χ3n) is 3.39. The molecule has 0 spiro atoms. The van der Waals surface area contributed by atoms with Crippen LogP contribution >= 0.6 is 0 Å². The minimum absolute atomic E-state index is 0.0641. The minimum atomic E-state index is -0.641. The van der Waals surface area contributed by atoms with Crippen LogP contribution in [0.5, 0.6) is 0 Å². The van der Waals surface area contributed by atoms with Crippen LogP contribution in [0.4, 0.5) is 0 Å². The van der Waals surface area contributed by atoms with Crippen LogP contribution in [-0.2, 0) is 11.3 Å². The number of hydrogen-bond donors (Lipinski definition) is 1. The summed E-state index contributed by atoms with van der Waals surface area (Å²) in [7, 11) is 0. The van der Waals surface area contributed by atoms with E-state index in [-0.39, 0.29) is 11.9 Å². The summed E-state index contributed by atoms with van der Waals surface area (Å²) in [5.41, 5.74) is 7.81. The zero-order chi connectivity index (χ0) is 15.2. The molecular weight excluding hydrogens is 262 g/mol. The summed E-state index contributed by atoms with van der Waals surface area (Å²) in [4.78, 5) is 18.7. The molecule has 0 fully saturated rings. The van der Waals surface area contributed by atoms with E-state index >= 15 is 0 Å². The summed E-state index contributed by atoms with van der Waals surface area (Å²) in [6.07, 6.45) is 1.73. The van der Waals surface area contributed by atoms with Crippen molar-refractivity contribution in [1.82, 2.24) is 9.88 Å². The lowest BCUT2D eigenvalue weighted by atomic mass is 10.1. The molecule has 1 amide bonds. The Balaban J connectivity index is 2.16. The highest BCUT2D eigenvalue weighted by molar-refractivity contribution is 5.83. The maximum absolute atomic E-state index is 12.7. The molecule has 2 rings (SSSR count). The van der Waals surface area contributed by atoms with Crippen LogP contribution in [0, 0.1) is 0 Å². The average molecular weight is 283 g/mol. The van der Waals surface area contributed by atoms with Crippen LogP contribution in [0.25, 0.3) is 0 Å². The molecule has 0 aliphatic heterocycles. The Kier molecular flexibility index (Phi) is 5.06. The molecule has 110 valence electrons. The van der Waals surface area contributed by atoms with Crippen molar-refractivity contribution in [2.75, 3.05) is 0 Å². The van der Waals surface area contributed by atoms with Gasteiger partial charge in [0.25, 0.3) is 0 Å². The topological polar surface area (TPSA) is 59.2 Å². The molecule has 1 heterocycles. The van der Waals surface area contributed by atoms with Crippen molar-refractivity contribution in [3.05, 3.63) is 66.0 Å². The van der Waals surface area contributed by atoms with E-state index in [1.165, 1.54) is 0 Å². The molecule has 0 aliphatic rings. The van der Waals surface area contributed by atoms with Gasteiger partial charge >= 0.3 is 0 Å². The molecule has 0 bridgehead atoms. The third-order valence-corrected chi connectivity index (χ3v) is 3.39. The number of pyridine rings is 1. The summed E-state index contributed by atoms with van der Waals surface area (Å²) in [6, 6.07) is 14.6. The van der Waals surface area contributed by atoms with Gasteiger partial charge in [-0.15, -0.1) is 0 Å². The number of hydrogen-bond acceptors (Lipinski definition) is 3. The first kappa shape index (κ1) is 15.2. The number of carbonyl (C=O) groups is 1.